The summed E-state index contributed by atoms with van der Waals surface area (Å²) >= 11 is 0. The molecule has 1 heterocycles. The number of nitrogens with zero attached hydrogens (tertiary/aromatic N) is 2. The topological polar surface area (TPSA) is 78.9 Å². The first-order chi connectivity index (χ1) is 14.5. The van der Waals surface area contributed by atoms with Gasteiger partial charge in [-0.15, -0.1) is 0 Å². The highest BCUT2D eigenvalue weighted by atomic mass is 19.1. The lowest BCUT2D eigenvalue weighted by Gasteiger charge is -2.30. The molecule has 150 valence electrons. The third-order valence-electron chi connectivity index (χ3n) is 5.93. The molecular formula is C24H20FN3O2. The fourth-order valence-corrected chi connectivity index (χ4v) is 4.49. The third kappa shape index (κ3) is 3.01. The van der Waals surface area contributed by atoms with Crippen molar-refractivity contribution in [1.82, 2.24) is 0 Å². The molecule has 0 aromatic heterocycles. The monoisotopic (exact) mass is 401 g/mol. The van der Waals surface area contributed by atoms with E-state index < -0.39 is 5.97 Å². The van der Waals surface area contributed by atoms with Gasteiger partial charge in [0.05, 0.1) is 23.0 Å². The molecule has 0 saturated heterocycles. The summed E-state index contributed by atoms with van der Waals surface area (Å²) in [6, 6.07) is 19.3. The van der Waals surface area contributed by atoms with E-state index in [1.807, 2.05) is 47.5 Å². The molecule has 1 aliphatic carbocycles. The van der Waals surface area contributed by atoms with E-state index in [4.69, 9.17) is 10.8 Å². The summed E-state index contributed by atoms with van der Waals surface area (Å²) in [5, 5.41) is 16.3. The van der Waals surface area contributed by atoms with Crippen LogP contribution in [-0.4, -0.2) is 16.8 Å². The Hall–Kier alpha value is -3.67. The average Bonchev–Trinajstić information content (AvgIpc) is 3.14. The molecule has 2 unspecified atom stereocenters. The predicted molar refractivity (Wildman–Crippen MR) is 114 cm³/mol. The van der Waals surface area contributed by atoms with Crippen LogP contribution in [0.3, 0.4) is 0 Å². The molecule has 0 saturated carbocycles. The van der Waals surface area contributed by atoms with Crippen LogP contribution in [0, 0.1) is 11.7 Å². The predicted octanol–water partition coefficient (Wildman–Crippen LogP) is 4.63. The van der Waals surface area contributed by atoms with E-state index in [-0.39, 0.29) is 23.3 Å². The summed E-state index contributed by atoms with van der Waals surface area (Å²) in [4.78, 5) is 11.4. The molecule has 30 heavy (non-hydrogen) atoms. The Bertz CT molecular complexity index is 1160. The fourth-order valence-electron chi connectivity index (χ4n) is 4.49. The molecule has 2 aliphatic rings. The van der Waals surface area contributed by atoms with Crippen molar-refractivity contribution in [3.05, 3.63) is 94.8 Å². The number of hydrazone groups is 1. The second-order valence-electron chi connectivity index (χ2n) is 7.74. The zero-order chi connectivity index (χ0) is 20.8. The Morgan fingerprint density at radius 3 is 2.50 bits per heavy atom. The molecule has 3 aromatic rings. The van der Waals surface area contributed by atoms with Crippen LogP contribution < -0.4 is 10.7 Å². The summed E-state index contributed by atoms with van der Waals surface area (Å²) in [6.45, 7) is 0. The van der Waals surface area contributed by atoms with E-state index >= 15 is 0 Å². The number of hydrogen-bond acceptors (Lipinski definition) is 4. The molecule has 6 heteroatoms. The second kappa shape index (κ2) is 6.99. The maximum Gasteiger partial charge on any atom is 0.335 e. The average molecular weight is 401 g/mol. The van der Waals surface area contributed by atoms with Gasteiger partial charge in [0.15, 0.2) is 0 Å². The zero-order valence-corrected chi connectivity index (χ0v) is 16.1. The minimum atomic E-state index is -0.930. The molecule has 2 atom stereocenters. The number of fused-ring (bicyclic) bond motifs is 3. The molecule has 0 spiro atoms. The maximum absolute atomic E-state index is 13.6. The largest absolute Gasteiger partial charge is 0.478 e. The number of carboxylic acid groups (broad SMARTS) is 1. The summed E-state index contributed by atoms with van der Waals surface area (Å²) in [7, 11) is 0. The van der Waals surface area contributed by atoms with Crippen molar-refractivity contribution >= 4 is 23.1 Å². The SMILES string of the molecule is Nc1ccc(N2N=C3c4ccc(C(=O)O)cc4CCC3C2c2ccc(F)cc2)cc1. The number of anilines is 2. The minimum absolute atomic E-state index is 0.0727. The highest BCUT2D eigenvalue weighted by Gasteiger charge is 2.42. The third-order valence-corrected chi connectivity index (χ3v) is 5.93. The number of rotatable bonds is 3. The highest BCUT2D eigenvalue weighted by molar-refractivity contribution is 6.07. The van der Waals surface area contributed by atoms with E-state index in [1.54, 1.807) is 12.1 Å². The number of halogens is 1. The van der Waals surface area contributed by atoms with Crippen molar-refractivity contribution in [2.24, 2.45) is 11.0 Å². The molecule has 1 aliphatic heterocycles. The van der Waals surface area contributed by atoms with Crippen molar-refractivity contribution in [2.45, 2.75) is 18.9 Å². The smallest absolute Gasteiger partial charge is 0.335 e. The summed E-state index contributed by atoms with van der Waals surface area (Å²) < 4.78 is 13.6. The van der Waals surface area contributed by atoms with Crippen LogP contribution in [0.15, 0.2) is 71.8 Å². The van der Waals surface area contributed by atoms with E-state index in [0.717, 1.165) is 40.9 Å². The van der Waals surface area contributed by atoms with Gasteiger partial charge in [-0.05, 0) is 72.5 Å². The maximum atomic E-state index is 13.6. The van der Waals surface area contributed by atoms with Gasteiger partial charge in [-0.1, -0.05) is 18.2 Å². The minimum Gasteiger partial charge on any atom is -0.478 e. The molecule has 3 N–H and O–H groups in total. The van der Waals surface area contributed by atoms with Gasteiger partial charge >= 0.3 is 5.97 Å². The van der Waals surface area contributed by atoms with Crippen LogP contribution in [-0.2, 0) is 6.42 Å². The summed E-state index contributed by atoms with van der Waals surface area (Å²) in [5.74, 6) is -1.08. The first-order valence-corrected chi connectivity index (χ1v) is 9.86. The van der Waals surface area contributed by atoms with Crippen molar-refractivity contribution in [2.75, 3.05) is 10.7 Å². The number of aromatic carboxylic acids is 1. The summed E-state index contributed by atoms with van der Waals surface area (Å²) in [5.41, 5.74) is 11.7. The highest BCUT2D eigenvalue weighted by Crippen LogP contribution is 2.45. The van der Waals surface area contributed by atoms with Gasteiger partial charge in [0.2, 0.25) is 0 Å². The van der Waals surface area contributed by atoms with E-state index in [9.17, 15) is 14.3 Å². The summed E-state index contributed by atoms with van der Waals surface area (Å²) in [6.07, 6.45) is 1.61. The number of aryl methyl sites for hydroxylation is 1. The van der Waals surface area contributed by atoms with Crippen LogP contribution in [0.5, 0.6) is 0 Å². The normalized spacial score (nSPS) is 19.8. The van der Waals surface area contributed by atoms with Gasteiger partial charge in [-0.3, -0.25) is 5.01 Å². The Labute approximate surface area is 173 Å². The van der Waals surface area contributed by atoms with Crippen LogP contribution in [0.4, 0.5) is 15.8 Å². The van der Waals surface area contributed by atoms with Crippen molar-refractivity contribution in [3.63, 3.8) is 0 Å². The lowest BCUT2D eigenvalue weighted by atomic mass is 9.77. The van der Waals surface area contributed by atoms with Crippen molar-refractivity contribution in [3.8, 4) is 0 Å². The molecule has 0 fully saturated rings. The second-order valence-corrected chi connectivity index (χ2v) is 7.74. The number of benzene rings is 3. The van der Waals surface area contributed by atoms with Crippen LogP contribution in [0.25, 0.3) is 0 Å². The van der Waals surface area contributed by atoms with Gasteiger partial charge in [0, 0.05) is 17.2 Å². The number of hydrogen-bond donors (Lipinski definition) is 2. The van der Waals surface area contributed by atoms with Gasteiger partial charge in [-0.2, -0.15) is 5.10 Å². The molecule has 3 aromatic carbocycles. The van der Waals surface area contributed by atoms with Gasteiger partial charge in [0.1, 0.15) is 5.82 Å². The zero-order valence-electron chi connectivity index (χ0n) is 16.1. The van der Waals surface area contributed by atoms with Crippen LogP contribution >= 0.6 is 0 Å². The Morgan fingerprint density at radius 1 is 1.07 bits per heavy atom. The van der Waals surface area contributed by atoms with Crippen LogP contribution in [0.1, 0.15) is 39.5 Å². The number of nitrogen functional groups attached to an aromatic ring is 1. The molecule has 0 amide bonds. The number of carbonyl (C=O) groups is 1. The van der Waals surface area contributed by atoms with E-state index in [0.29, 0.717) is 5.69 Å². The quantitative estimate of drug-likeness (QED) is 0.627. The Morgan fingerprint density at radius 2 is 1.80 bits per heavy atom. The van der Waals surface area contributed by atoms with Crippen molar-refractivity contribution in [1.29, 1.82) is 0 Å². The molecule has 5 nitrogen and oxygen atoms in total. The number of nitrogens with two attached hydrogens (primary N) is 1. The molecule has 5 rings (SSSR count). The van der Waals surface area contributed by atoms with Crippen molar-refractivity contribution < 1.29 is 14.3 Å². The first-order valence-electron chi connectivity index (χ1n) is 9.86. The Balaban J connectivity index is 1.62. The lowest BCUT2D eigenvalue weighted by molar-refractivity contribution is 0.0696. The fraction of sp³-hybridized carbons (Fsp3) is 0.167. The Kier molecular flexibility index (Phi) is 4.28. The van der Waals surface area contributed by atoms with Gasteiger partial charge in [-0.25, -0.2) is 9.18 Å². The van der Waals surface area contributed by atoms with E-state index in [1.165, 1.54) is 12.1 Å². The molecule has 0 bridgehead atoms. The first kappa shape index (κ1) is 18.4. The van der Waals surface area contributed by atoms with Gasteiger partial charge < -0.3 is 10.8 Å². The lowest BCUT2D eigenvalue weighted by Crippen LogP contribution is -2.29. The van der Waals surface area contributed by atoms with E-state index in [2.05, 4.69) is 0 Å². The molecule has 0 radical (unpaired) electrons. The van der Waals surface area contributed by atoms with Gasteiger partial charge in [0.25, 0.3) is 0 Å². The molecular weight excluding hydrogens is 381 g/mol. The number of carboxylic acids is 1. The van der Waals surface area contributed by atoms with Crippen LogP contribution in [0.2, 0.25) is 0 Å². The standard InChI is InChI=1S/C24H20FN3O2/c25-17-5-1-14(2-6-17)23-21-12-3-15-13-16(24(29)30)4-11-20(15)22(21)27-28(23)19-9-7-18(26)8-10-19/h1-2,4-11,13,21,23H,3,12,26H2,(H,29,30).